The molecule has 1 aromatic carbocycles. The Balaban J connectivity index is 2.42. The summed E-state index contributed by atoms with van der Waals surface area (Å²) in [5, 5.41) is 2.31. The molecule has 0 heterocycles. The molecule has 1 saturated carbocycles. The van der Waals surface area contributed by atoms with Gasteiger partial charge in [0.1, 0.15) is 0 Å². The van der Waals surface area contributed by atoms with E-state index in [1.165, 1.54) is 0 Å². The zero-order valence-corrected chi connectivity index (χ0v) is 9.34. The average Bonchev–Trinajstić information content (AvgIpc) is 2.59. The summed E-state index contributed by atoms with van der Waals surface area (Å²) in [6.07, 6.45) is 0.922. The van der Waals surface area contributed by atoms with Crippen molar-refractivity contribution in [2.45, 2.75) is 18.8 Å². The highest BCUT2D eigenvalue weighted by Gasteiger charge is 2.51. The van der Waals surface area contributed by atoms with Crippen LogP contribution < -0.4 is 0 Å². The quantitative estimate of drug-likeness (QED) is 0.674. The van der Waals surface area contributed by atoms with Crippen LogP contribution in [0.1, 0.15) is 18.9 Å². The van der Waals surface area contributed by atoms with Gasteiger partial charge in [0.2, 0.25) is 0 Å². The molecular weight excluding hydrogens is 226 g/mol. The highest BCUT2D eigenvalue weighted by Crippen LogP contribution is 2.58. The van der Waals surface area contributed by atoms with Crippen LogP contribution in [0.5, 0.6) is 0 Å². The molecule has 0 amide bonds. The van der Waals surface area contributed by atoms with Crippen molar-refractivity contribution in [3.05, 3.63) is 39.2 Å². The van der Waals surface area contributed by atoms with Crippen molar-refractivity contribution in [1.29, 1.82) is 0 Å². The molecule has 13 heavy (non-hydrogen) atoms. The van der Waals surface area contributed by atoms with Crippen molar-refractivity contribution in [1.82, 2.24) is 0 Å². The van der Waals surface area contributed by atoms with Gasteiger partial charge in [0.05, 0.1) is 5.38 Å². The molecule has 1 unspecified atom stereocenters. The van der Waals surface area contributed by atoms with E-state index < -0.39 is 0 Å². The first-order valence-corrected chi connectivity index (χ1v) is 5.14. The van der Waals surface area contributed by atoms with Gasteiger partial charge in [0.25, 0.3) is 0 Å². The third-order valence-electron chi connectivity index (χ3n) is 2.48. The van der Waals surface area contributed by atoms with E-state index in [0.29, 0.717) is 10.0 Å². The first kappa shape index (κ1) is 9.64. The predicted octanol–water partition coefficient (Wildman–Crippen LogP) is 4.43. The molecule has 1 atom stereocenters. The van der Waals surface area contributed by atoms with Gasteiger partial charge in [-0.05, 0) is 30.2 Å². The Kier molecular flexibility index (Phi) is 2.26. The maximum atomic E-state index is 5.96. The lowest BCUT2D eigenvalue weighted by atomic mass is 9.99. The van der Waals surface area contributed by atoms with Crippen LogP contribution in [0.2, 0.25) is 10.0 Å². The second-order valence-electron chi connectivity index (χ2n) is 3.57. The molecule has 2 rings (SSSR count). The van der Waals surface area contributed by atoms with Crippen molar-refractivity contribution >= 4 is 34.8 Å². The number of rotatable bonds is 1. The smallest absolute Gasteiger partial charge is 0.0749 e. The van der Waals surface area contributed by atoms with E-state index in [4.69, 9.17) is 34.8 Å². The fourth-order valence-electron chi connectivity index (χ4n) is 1.40. The average molecular weight is 235 g/mol. The predicted molar refractivity (Wildman–Crippen MR) is 57.5 cm³/mol. The molecule has 0 aliphatic heterocycles. The molecule has 69 valence electrons. The van der Waals surface area contributed by atoms with Crippen LogP contribution in [0, 0.1) is 5.38 Å². The molecule has 1 aliphatic carbocycles. The Hall–Kier alpha value is 0.0900. The van der Waals surface area contributed by atoms with E-state index in [9.17, 15) is 0 Å². The van der Waals surface area contributed by atoms with Crippen molar-refractivity contribution in [3.63, 3.8) is 0 Å². The van der Waals surface area contributed by atoms with Gasteiger partial charge in [-0.3, -0.25) is 0 Å². The Labute approximate surface area is 92.8 Å². The standard InChI is InChI=1S/C10H8Cl3/c1-10(5-9(10)13)6-2-7(11)4-8(12)3-6/h2-4H,5H2,1H3. The molecule has 0 nitrogen and oxygen atoms in total. The maximum Gasteiger partial charge on any atom is 0.0749 e. The van der Waals surface area contributed by atoms with Gasteiger partial charge >= 0.3 is 0 Å². The van der Waals surface area contributed by atoms with Crippen molar-refractivity contribution in [3.8, 4) is 0 Å². The van der Waals surface area contributed by atoms with E-state index in [-0.39, 0.29) is 5.41 Å². The van der Waals surface area contributed by atoms with Gasteiger partial charge in [0, 0.05) is 15.5 Å². The lowest BCUT2D eigenvalue weighted by Crippen LogP contribution is -2.01. The second kappa shape index (κ2) is 3.05. The maximum absolute atomic E-state index is 5.96. The largest absolute Gasteiger partial charge is 0.116 e. The van der Waals surface area contributed by atoms with Crippen molar-refractivity contribution in [2.75, 3.05) is 0 Å². The van der Waals surface area contributed by atoms with E-state index in [0.717, 1.165) is 17.4 Å². The van der Waals surface area contributed by atoms with Gasteiger partial charge in [-0.1, -0.05) is 30.1 Å². The van der Waals surface area contributed by atoms with Crippen molar-refractivity contribution in [2.24, 2.45) is 0 Å². The Morgan fingerprint density at radius 3 is 1.92 bits per heavy atom. The number of hydrogen-bond donors (Lipinski definition) is 0. The minimum absolute atomic E-state index is 0.00387. The molecule has 0 N–H and O–H groups in total. The molecule has 0 bridgehead atoms. The third kappa shape index (κ3) is 1.68. The number of hydrogen-bond acceptors (Lipinski definition) is 0. The van der Waals surface area contributed by atoms with Crippen LogP contribution in [-0.4, -0.2) is 0 Å². The molecular formula is C10H8Cl3. The van der Waals surface area contributed by atoms with Crippen LogP contribution in [0.15, 0.2) is 18.2 Å². The summed E-state index contributed by atoms with van der Waals surface area (Å²) in [6.45, 7) is 2.09. The summed E-state index contributed by atoms with van der Waals surface area (Å²) >= 11 is 17.8. The number of benzene rings is 1. The van der Waals surface area contributed by atoms with Gasteiger partial charge in [-0.15, -0.1) is 11.6 Å². The molecule has 1 radical (unpaired) electrons. The van der Waals surface area contributed by atoms with Gasteiger partial charge in [0.15, 0.2) is 0 Å². The van der Waals surface area contributed by atoms with Gasteiger partial charge in [-0.25, -0.2) is 0 Å². The first-order valence-electron chi connectivity index (χ1n) is 4.01. The van der Waals surface area contributed by atoms with Crippen molar-refractivity contribution < 1.29 is 0 Å². The van der Waals surface area contributed by atoms with E-state index >= 15 is 0 Å². The summed E-state index contributed by atoms with van der Waals surface area (Å²) in [4.78, 5) is 0. The molecule has 0 aromatic heterocycles. The fraction of sp³-hybridized carbons (Fsp3) is 0.300. The molecule has 0 saturated heterocycles. The van der Waals surface area contributed by atoms with Crippen LogP contribution >= 0.6 is 34.8 Å². The SMILES string of the molecule is CC1(c2cc(Cl)cc(Cl)c2)C[C]1Cl. The molecule has 1 aromatic rings. The van der Waals surface area contributed by atoms with Crippen LogP contribution in [0.25, 0.3) is 0 Å². The Bertz CT molecular complexity index is 328. The summed E-state index contributed by atoms with van der Waals surface area (Å²) in [5.74, 6) is 0. The molecule has 1 fully saturated rings. The normalized spacial score (nSPS) is 27.7. The fourth-order valence-corrected chi connectivity index (χ4v) is 2.30. The third-order valence-corrected chi connectivity index (χ3v) is 3.47. The highest BCUT2D eigenvalue weighted by molar-refractivity contribution is 6.35. The van der Waals surface area contributed by atoms with Gasteiger partial charge in [-0.2, -0.15) is 0 Å². The van der Waals surface area contributed by atoms with Crippen LogP contribution in [0.4, 0.5) is 0 Å². The Morgan fingerprint density at radius 2 is 1.54 bits per heavy atom. The summed E-state index contributed by atoms with van der Waals surface area (Å²) in [6, 6.07) is 5.57. The molecule has 0 spiro atoms. The summed E-state index contributed by atoms with van der Waals surface area (Å²) in [5.41, 5.74) is 1.10. The van der Waals surface area contributed by atoms with Gasteiger partial charge < -0.3 is 0 Å². The first-order chi connectivity index (χ1) is 6.02. The van der Waals surface area contributed by atoms with E-state index in [1.807, 2.05) is 12.1 Å². The monoisotopic (exact) mass is 233 g/mol. The van der Waals surface area contributed by atoms with Crippen LogP contribution in [-0.2, 0) is 5.41 Å². The minimum atomic E-state index is -0.00387. The Morgan fingerprint density at radius 1 is 1.08 bits per heavy atom. The summed E-state index contributed by atoms with van der Waals surface area (Å²) in [7, 11) is 0. The van der Waals surface area contributed by atoms with E-state index in [1.54, 1.807) is 6.07 Å². The zero-order valence-electron chi connectivity index (χ0n) is 7.07. The zero-order chi connectivity index (χ0) is 9.64. The molecule has 1 aliphatic rings. The second-order valence-corrected chi connectivity index (χ2v) is 4.90. The topological polar surface area (TPSA) is 0 Å². The number of halogens is 3. The van der Waals surface area contributed by atoms with Crippen LogP contribution in [0.3, 0.4) is 0 Å². The minimum Gasteiger partial charge on any atom is -0.116 e. The van der Waals surface area contributed by atoms with E-state index in [2.05, 4.69) is 6.92 Å². The highest BCUT2D eigenvalue weighted by atomic mass is 35.5. The summed E-state index contributed by atoms with van der Waals surface area (Å²) < 4.78 is 0. The molecule has 3 heteroatoms. The lowest BCUT2D eigenvalue weighted by Gasteiger charge is -2.09. The lowest BCUT2D eigenvalue weighted by molar-refractivity contribution is 0.814.